The third kappa shape index (κ3) is 5.44. The van der Waals surface area contributed by atoms with E-state index in [4.69, 9.17) is 9.47 Å². The number of hydrogen-bond acceptors (Lipinski definition) is 7. The monoisotopic (exact) mass is 473 g/mol. The van der Waals surface area contributed by atoms with Gasteiger partial charge in [-0.15, -0.1) is 10.2 Å². The number of aromatic nitrogens is 3. The lowest BCUT2D eigenvalue weighted by Gasteiger charge is -2.12. The molecule has 0 spiro atoms. The number of benzene rings is 3. The Morgan fingerprint density at radius 1 is 0.971 bits per heavy atom. The molecule has 9 heteroatoms. The molecule has 1 aromatic heterocycles. The highest BCUT2D eigenvalue weighted by Crippen LogP contribution is 2.34. The number of ether oxygens (including phenoxy) is 2. The molecule has 0 saturated carbocycles. The molecular formula is C25H23N5O3S. The van der Waals surface area contributed by atoms with E-state index in [1.165, 1.54) is 11.8 Å². The van der Waals surface area contributed by atoms with Gasteiger partial charge in [-0.3, -0.25) is 9.36 Å². The van der Waals surface area contributed by atoms with Crippen molar-refractivity contribution in [3.63, 3.8) is 0 Å². The van der Waals surface area contributed by atoms with Crippen LogP contribution in [0.4, 0.5) is 0 Å². The second kappa shape index (κ2) is 11.2. The van der Waals surface area contributed by atoms with Crippen LogP contribution in [-0.2, 0) is 4.79 Å². The van der Waals surface area contributed by atoms with Crippen LogP contribution >= 0.6 is 11.8 Å². The van der Waals surface area contributed by atoms with E-state index in [1.54, 1.807) is 20.4 Å². The number of carbonyl (C=O) groups excluding carboxylic acids is 1. The van der Waals surface area contributed by atoms with E-state index in [-0.39, 0.29) is 11.7 Å². The predicted octanol–water partition coefficient (Wildman–Crippen LogP) is 4.19. The van der Waals surface area contributed by atoms with E-state index >= 15 is 0 Å². The van der Waals surface area contributed by atoms with Gasteiger partial charge in [-0.2, -0.15) is 5.10 Å². The smallest absolute Gasteiger partial charge is 0.250 e. The molecule has 0 radical (unpaired) electrons. The second-order valence-corrected chi connectivity index (χ2v) is 7.98. The number of nitrogens with one attached hydrogen (secondary N) is 1. The molecule has 4 aromatic rings. The van der Waals surface area contributed by atoms with Gasteiger partial charge in [0.2, 0.25) is 0 Å². The Balaban J connectivity index is 1.56. The van der Waals surface area contributed by atoms with Gasteiger partial charge in [0.05, 0.1) is 26.2 Å². The first-order valence-corrected chi connectivity index (χ1v) is 11.4. The van der Waals surface area contributed by atoms with Gasteiger partial charge in [0.1, 0.15) is 0 Å². The van der Waals surface area contributed by atoms with Crippen LogP contribution in [0.2, 0.25) is 0 Å². The maximum absolute atomic E-state index is 12.4. The fraction of sp³-hybridized carbons (Fsp3) is 0.120. The average molecular weight is 474 g/mol. The molecule has 0 aliphatic carbocycles. The minimum Gasteiger partial charge on any atom is -0.493 e. The predicted molar refractivity (Wildman–Crippen MR) is 133 cm³/mol. The summed E-state index contributed by atoms with van der Waals surface area (Å²) in [7, 11) is 3.18. The van der Waals surface area contributed by atoms with E-state index in [9.17, 15) is 4.79 Å². The van der Waals surface area contributed by atoms with Crippen LogP contribution in [0.1, 0.15) is 5.56 Å². The lowest BCUT2D eigenvalue weighted by Crippen LogP contribution is -2.20. The maximum Gasteiger partial charge on any atom is 0.250 e. The molecular weight excluding hydrogens is 450 g/mol. The van der Waals surface area contributed by atoms with Crippen molar-refractivity contribution in [1.29, 1.82) is 0 Å². The van der Waals surface area contributed by atoms with E-state index in [2.05, 4.69) is 20.7 Å². The minimum absolute atomic E-state index is 0.128. The molecule has 0 unspecified atom stereocenters. The van der Waals surface area contributed by atoms with Crippen LogP contribution in [0.5, 0.6) is 11.5 Å². The van der Waals surface area contributed by atoms with Crippen molar-refractivity contribution in [3.8, 4) is 28.6 Å². The molecule has 172 valence electrons. The molecule has 8 nitrogen and oxygen atoms in total. The summed E-state index contributed by atoms with van der Waals surface area (Å²) in [5.74, 6) is 1.72. The van der Waals surface area contributed by atoms with E-state index in [0.717, 1.165) is 16.8 Å². The Labute approximate surface area is 201 Å². The summed E-state index contributed by atoms with van der Waals surface area (Å²) in [6.07, 6.45) is 1.60. The summed E-state index contributed by atoms with van der Waals surface area (Å²) >= 11 is 1.28. The number of thioether (sulfide) groups is 1. The number of methoxy groups -OCH3 is 2. The minimum atomic E-state index is -0.243. The Hall–Kier alpha value is -4.11. The highest BCUT2D eigenvalue weighted by molar-refractivity contribution is 7.99. The summed E-state index contributed by atoms with van der Waals surface area (Å²) in [5.41, 5.74) is 5.13. The molecule has 4 rings (SSSR count). The number of carbonyl (C=O) groups is 1. The Bertz CT molecular complexity index is 1280. The van der Waals surface area contributed by atoms with Gasteiger partial charge in [-0.1, -0.05) is 60.3 Å². The van der Waals surface area contributed by atoms with Gasteiger partial charge in [-0.05, 0) is 35.9 Å². The van der Waals surface area contributed by atoms with Crippen LogP contribution in [0, 0.1) is 0 Å². The van der Waals surface area contributed by atoms with Crippen molar-refractivity contribution in [3.05, 3.63) is 84.4 Å². The summed E-state index contributed by atoms with van der Waals surface area (Å²) in [6, 6.07) is 24.8. The fourth-order valence-electron chi connectivity index (χ4n) is 3.22. The molecule has 1 amide bonds. The maximum atomic E-state index is 12.4. The van der Waals surface area contributed by atoms with Crippen LogP contribution in [0.15, 0.2) is 89.1 Å². The number of rotatable bonds is 9. The van der Waals surface area contributed by atoms with E-state index in [1.807, 2.05) is 83.4 Å². The first kappa shape index (κ1) is 23.1. The Morgan fingerprint density at radius 3 is 2.38 bits per heavy atom. The van der Waals surface area contributed by atoms with Crippen molar-refractivity contribution < 1.29 is 14.3 Å². The molecule has 1 N–H and O–H groups in total. The van der Waals surface area contributed by atoms with Crippen LogP contribution in [0.25, 0.3) is 17.1 Å². The van der Waals surface area contributed by atoms with E-state index < -0.39 is 0 Å². The summed E-state index contributed by atoms with van der Waals surface area (Å²) in [5, 5.41) is 13.4. The number of nitrogens with zero attached hydrogens (tertiary/aromatic N) is 4. The topological polar surface area (TPSA) is 90.6 Å². The molecule has 0 atom stereocenters. The summed E-state index contributed by atoms with van der Waals surface area (Å²) in [6.45, 7) is 0. The number of para-hydroxylation sites is 1. The standard InChI is InChI=1S/C25H23N5O3S/c1-32-21-14-13-19(15-22(21)33-2)24-28-29-25(30(24)20-11-7-4-8-12-20)34-17-23(31)27-26-16-18-9-5-3-6-10-18/h3-16H,17H2,1-2H3,(H,27,31)/b26-16+. The lowest BCUT2D eigenvalue weighted by atomic mass is 10.2. The lowest BCUT2D eigenvalue weighted by molar-refractivity contribution is -0.118. The largest absolute Gasteiger partial charge is 0.493 e. The number of hydrogen-bond donors (Lipinski definition) is 1. The fourth-order valence-corrected chi connectivity index (χ4v) is 3.96. The van der Waals surface area contributed by atoms with Gasteiger partial charge in [-0.25, -0.2) is 5.43 Å². The van der Waals surface area contributed by atoms with E-state index in [0.29, 0.717) is 22.5 Å². The zero-order valence-electron chi connectivity index (χ0n) is 18.7. The average Bonchev–Trinajstić information content (AvgIpc) is 3.32. The third-order valence-electron chi connectivity index (χ3n) is 4.82. The summed E-state index contributed by atoms with van der Waals surface area (Å²) < 4.78 is 12.7. The van der Waals surface area contributed by atoms with Crippen molar-refractivity contribution in [2.45, 2.75) is 5.16 Å². The van der Waals surface area contributed by atoms with Crippen LogP contribution in [-0.4, -0.2) is 46.9 Å². The third-order valence-corrected chi connectivity index (χ3v) is 5.75. The van der Waals surface area contributed by atoms with Crippen molar-refractivity contribution >= 4 is 23.9 Å². The SMILES string of the molecule is COc1ccc(-c2nnc(SCC(=O)N/N=C/c3ccccc3)n2-c2ccccc2)cc1OC. The van der Waals surface area contributed by atoms with Gasteiger partial charge >= 0.3 is 0 Å². The Morgan fingerprint density at radius 2 is 1.68 bits per heavy atom. The van der Waals surface area contributed by atoms with Gasteiger partial charge in [0, 0.05) is 11.3 Å². The first-order valence-electron chi connectivity index (χ1n) is 10.4. The van der Waals surface area contributed by atoms with Gasteiger partial charge in [0.15, 0.2) is 22.5 Å². The molecule has 0 aliphatic heterocycles. The first-order chi connectivity index (χ1) is 16.7. The van der Waals surface area contributed by atoms with Gasteiger partial charge in [0.25, 0.3) is 5.91 Å². The highest BCUT2D eigenvalue weighted by Gasteiger charge is 2.18. The van der Waals surface area contributed by atoms with Gasteiger partial charge < -0.3 is 9.47 Å². The van der Waals surface area contributed by atoms with Crippen molar-refractivity contribution in [2.24, 2.45) is 5.10 Å². The zero-order chi connectivity index (χ0) is 23.8. The van der Waals surface area contributed by atoms with Crippen LogP contribution < -0.4 is 14.9 Å². The quantitative estimate of drug-likeness (QED) is 0.223. The zero-order valence-corrected chi connectivity index (χ0v) is 19.5. The number of amides is 1. The highest BCUT2D eigenvalue weighted by atomic mass is 32.2. The molecule has 1 heterocycles. The van der Waals surface area contributed by atoms with Crippen molar-refractivity contribution in [1.82, 2.24) is 20.2 Å². The number of hydrazone groups is 1. The summed E-state index contributed by atoms with van der Waals surface area (Å²) in [4.78, 5) is 12.4. The molecule has 0 fully saturated rings. The molecule has 34 heavy (non-hydrogen) atoms. The normalized spacial score (nSPS) is 10.9. The molecule has 0 saturated heterocycles. The molecule has 0 aliphatic rings. The van der Waals surface area contributed by atoms with Crippen molar-refractivity contribution in [2.75, 3.05) is 20.0 Å². The second-order valence-electron chi connectivity index (χ2n) is 7.04. The molecule has 3 aromatic carbocycles. The van der Waals surface area contributed by atoms with Crippen LogP contribution in [0.3, 0.4) is 0 Å². The molecule has 0 bridgehead atoms. The Kier molecular flexibility index (Phi) is 7.56.